The summed E-state index contributed by atoms with van der Waals surface area (Å²) in [7, 11) is -2.98. The minimum absolute atomic E-state index is 0.156. The van der Waals surface area contributed by atoms with E-state index in [1.807, 2.05) is 6.92 Å². The minimum Gasteiger partial charge on any atom is -0.344 e. The second kappa shape index (κ2) is 4.27. The first-order chi connectivity index (χ1) is 4.92. The lowest BCUT2D eigenvalue weighted by atomic mass is 10.3. The molecule has 0 aliphatic rings. The van der Waals surface area contributed by atoms with Gasteiger partial charge in [0.2, 0.25) is 7.37 Å². The van der Waals surface area contributed by atoms with E-state index in [2.05, 4.69) is 6.92 Å². The van der Waals surface area contributed by atoms with Gasteiger partial charge >= 0.3 is 0 Å². The number of hydrogen-bond acceptors (Lipinski definition) is 1. The highest BCUT2D eigenvalue weighted by molar-refractivity contribution is 7.59. The van der Waals surface area contributed by atoms with Crippen LogP contribution in [0.5, 0.6) is 0 Å². The third kappa shape index (κ3) is 2.96. The highest BCUT2D eigenvalue weighted by Crippen LogP contribution is 2.51. The summed E-state index contributed by atoms with van der Waals surface area (Å²) in [6.45, 7) is 9.25. The van der Waals surface area contributed by atoms with Gasteiger partial charge in [0.05, 0.1) is 0 Å². The Hall–Kier alpha value is 0.190. The van der Waals surface area contributed by atoms with Gasteiger partial charge in [0, 0.05) is 11.3 Å². The summed E-state index contributed by atoms with van der Waals surface area (Å²) in [4.78, 5) is 9.48. The molecule has 0 fully saturated rings. The van der Waals surface area contributed by atoms with Crippen LogP contribution >= 0.6 is 7.37 Å². The highest BCUT2D eigenvalue weighted by Gasteiger charge is 2.29. The Morgan fingerprint density at radius 2 is 2.00 bits per heavy atom. The van der Waals surface area contributed by atoms with Crippen LogP contribution in [0.3, 0.4) is 0 Å². The predicted octanol–water partition coefficient (Wildman–Crippen LogP) is 2.67. The van der Waals surface area contributed by atoms with Crippen LogP contribution in [-0.2, 0) is 4.57 Å². The summed E-state index contributed by atoms with van der Waals surface area (Å²) in [5.41, 5.74) is -0.441. The van der Waals surface area contributed by atoms with Gasteiger partial charge in [-0.15, -0.1) is 0 Å². The fourth-order valence-corrected chi connectivity index (χ4v) is 2.41. The first-order valence-corrected chi connectivity index (χ1v) is 5.88. The standard InChI is InChI=1S/C8H18O2P/c1-5-6-8(4)11(9,10)7(2)3/h7-8H,4-6H2,1-3H3,(H,9,10). The molecular formula is C8H18O2P. The van der Waals surface area contributed by atoms with Crippen LogP contribution in [-0.4, -0.2) is 16.2 Å². The summed E-state index contributed by atoms with van der Waals surface area (Å²) in [5.74, 6) is 0. The van der Waals surface area contributed by atoms with E-state index < -0.39 is 7.37 Å². The average molecular weight is 177 g/mol. The molecule has 0 aliphatic heterocycles. The van der Waals surface area contributed by atoms with Crippen molar-refractivity contribution in [3.05, 3.63) is 6.92 Å². The highest BCUT2D eigenvalue weighted by atomic mass is 31.2. The van der Waals surface area contributed by atoms with Crippen molar-refractivity contribution in [3.63, 3.8) is 0 Å². The van der Waals surface area contributed by atoms with Crippen molar-refractivity contribution >= 4 is 7.37 Å². The van der Waals surface area contributed by atoms with Gasteiger partial charge in [-0.1, -0.05) is 27.2 Å². The van der Waals surface area contributed by atoms with Gasteiger partial charge in [0.15, 0.2) is 0 Å². The van der Waals surface area contributed by atoms with Crippen LogP contribution in [0.15, 0.2) is 0 Å². The SMILES string of the molecule is [CH2]C(CCC)P(=O)(O)C(C)C. The lowest BCUT2D eigenvalue weighted by molar-refractivity contribution is 0.456. The van der Waals surface area contributed by atoms with Crippen LogP contribution in [0.25, 0.3) is 0 Å². The zero-order valence-corrected chi connectivity index (χ0v) is 8.47. The molecule has 1 N–H and O–H groups in total. The number of rotatable bonds is 4. The van der Waals surface area contributed by atoms with E-state index in [-0.39, 0.29) is 11.3 Å². The fourth-order valence-electron chi connectivity index (χ4n) is 0.940. The topological polar surface area (TPSA) is 37.3 Å². The van der Waals surface area contributed by atoms with Gasteiger partial charge < -0.3 is 4.89 Å². The van der Waals surface area contributed by atoms with E-state index in [4.69, 9.17) is 0 Å². The molecule has 0 aromatic heterocycles. The second-order valence-electron chi connectivity index (χ2n) is 3.21. The van der Waals surface area contributed by atoms with Crippen molar-refractivity contribution in [1.82, 2.24) is 0 Å². The first-order valence-electron chi connectivity index (χ1n) is 4.08. The summed E-state index contributed by atoms with van der Waals surface area (Å²) >= 11 is 0. The normalized spacial score (nSPS) is 19.8. The molecule has 0 spiro atoms. The molecule has 11 heavy (non-hydrogen) atoms. The molecule has 67 valence electrons. The predicted molar refractivity (Wildman–Crippen MR) is 49.0 cm³/mol. The molecule has 0 bridgehead atoms. The van der Waals surface area contributed by atoms with Crippen LogP contribution in [0.1, 0.15) is 33.6 Å². The van der Waals surface area contributed by atoms with Crippen molar-refractivity contribution in [2.24, 2.45) is 0 Å². The van der Waals surface area contributed by atoms with Crippen molar-refractivity contribution < 1.29 is 9.46 Å². The molecule has 0 saturated heterocycles. The van der Waals surface area contributed by atoms with Gasteiger partial charge in [0.25, 0.3) is 0 Å². The van der Waals surface area contributed by atoms with E-state index in [9.17, 15) is 9.46 Å². The zero-order valence-electron chi connectivity index (χ0n) is 7.58. The third-order valence-electron chi connectivity index (χ3n) is 1.88. The maximum atomic E-state index is 11.5. The Morgan fingerprint density at radius 1 is 1.55 bits per heavy atom. The Morgan fingerprint density at radius 3 is 2.27 bits per heavy atom. The molecule has 0 aliphatic carbocycles. The van der Waals surface area contributed by atoms with Gasteiger partial charge in [-0.3, -0.25) is 4.57 Å². The third-order valence-corrected chi connectivity index (χ3v) is 4.67. The molecule has 2 nitrogen and oxygen atoms in total. The largest absolute Gasteiger partial charge is 0.344 e. The van der Waals surface area contributed by atoms with Gasteiger partial charge in [0.1, 0.15) is 0 Å². The van der Waals surface area contributed by atoms with Crippen LogP contribution in [0.4, 0.5) is 0 Å². The van der Waals surface area contributed by atoms with Crippen molar-refractivity contribution in [1.29, 1.82) is 0 Å². The molecule has 3 heteroatoms. The van der Waals surface area contributed by atoms with Gasteiger partial charge in [-0.25, -0.2) is 0 Å². The fraction of sp³-hybridized carbons (Fsp3) is 0.875. The summed E-state index contributed by atoms with van der Waals surface area (Å²) in [5, 5.41) is 0. The Labute approximate surface area is 69.5 Å². The Bertz CT molecular complexity index is 154. The molecular weight excluding hydrogens is 159 g/mol. The van der Waals surface area contributed by atoms with E-state index in [1.54, 1.807) is 13.8 Å². The molecule has 0 aromatic rings. The first kappa shape index (κ1) is 11.2. The molecule has 1 radical (unpaired) electrons. The molecule has 2 atom stereocenters. The van der Waals surface area contributed by atoms with Crippen LogP contribution in [0, 0.1) is 6.92 Å². The van der Waals surface area contributed by atoms with Crippen molar-refractivity contribution in [3.8, 4) is 0 Å². The molecule has 0 saturated carbocycles. The lowest BCUT2D eigenvalue weighted by Gasteiger charge is -2.21. The van der Waals surface area contributed by atoms with E-state index >= 15 is 0 Å². The van der Waals surface area contributed by atoms with Crippen molar-refractivity contribution in [2.45, 2.75) is 44.9 Å². The monoisotopic (exact) mass is 177 g/mol. The maximum Gasteiger partial charge on any atom is 0.206 e. The van der Waals surface area contributed by atoms with Gasteiger partial charge in [-0.2, -0.15) is 0 Å². The molecule has 0 rings (SSSR count). The minimum atomic E-state index is -2.98. The molecule has 0 heterocycles. The maximum absolute atomic E-state index is 11.5. The molecule has 0 aromatic carbocycles. The summed E-state index contributed by atoms with van der Waals surface area (Å²) < 4.78 is 11.5. The Balaban J connectivity index is 4.18. The van der Waals surface area contributed by atoms with Crippen LogP contribution in [0.2, 0.25) is 0 Å². The summed E-state index contributed by atoms with van der Waals surface area (Å²) in [6.07, 6.45) is 1.66. The van der Waals surface area contributed by atoms with Crippen LogP contribution < -0.4 is 0 Å². The second-order valence-corrected chi connectivity index (χ2v) is 6.32. The van der Waals surface area contributed by atoms with E-state index in [0.29, 0.717) is 0 Å². The lowest BCUT2D eigenvalue weighted by Crippen LogP contribution is -2.10. The quantitative estimate of drug-likeness (QED) is 0.670. The zero-order chi connectivity index (χ0) is 9.07. The number of hydrogen-bond donors (Lipinski definition) is 1. The Kier molecular flexibility index (Phi) is 4.35. The summed E-state index contributed by atoms with van der Waals surface area (Å²) in [6, 6.07) is 0. The van der Waals surface area contributed by atoms with E-state index in [1.165, 1.54) is 0 Å². The molecule has 0 amide bonds. The van der Waals surface area contributed by atoms with E-state index in [0.717, 1.165) is 12.8 Å². The van der Waals surface area contributed by atoms with Gasteiger partial charge in [-0.05, 0) is 13.3 Å². The average Bonchev–Trinajstić information content (AvgIpc) is 1.88. The molecule has 2 unspecified atom stereocenters. The van der Waals surface area contributed by atoms with Crippen molar-refractivity contribution in [2.75, 3.05) is 0 Å². The smallest absolute Gasteiger partial charge is 0.206 e.